The molecule has 4 N–H and O–H groups in total. The lowest BCUT2D eigenvalue weighted by Gasteiger charge is -2.27. The molecule has 5 heteroatoms. The van der Waals surface area contributed by atoms with Gasteiger partial charge in [0, 0.05) is 18.9 Å². The van der Waals surface area contributed by atoms with Crippen LogP contribution in [0, 0.1) is 5.41 Å². The van der Waals surface area contributed by atoms with Crippen molar-refractivity contribution in [3.05, 3.63) is 0 Å². The minimum absolute atomic E-state index is 0.257. The van der Waals surface area contributed by atoms with Crippen molar-refractivity contribution in [3.8, 4) is 0 Å². The van der Waals surface area contributed by atoms with Crippen LogP contribution in [0.15, 0.2) is 0 Å². The van der Waals surface area contributed by atoms with Gasteiger partial charge in [-0.3, -0.25) is 15.2 Å². The van der Waals surface area contributed by atoms with Crippen LogP contribution in [0.1, 0.15) is 57.8 Å². The molecule has 98 valence electrons. The highest BCUT2D eigenvalue weighted by Gasteiger charge is 2.20. The number of hydrazine groups is 1. The summed E-state index contributed by atoms with van der Waals surface area (Å²) in [6, 6.07) is 0.273. The van der Waals surface area contributed by atoms with E-state index in [1.54, 1.807) is 5.01 Å². The van der Waals surface area contributed by atoms with E-state index in [1.807, 2.05) is 0 Å². The first-order chi connectivity index (χ1) is 8.11. The monoisotopic (exact) mass is 241 g/mol. The van der Waals surface area contributed by atoms with E-state index in [-0.39, 0.29) is 12.5 Å². The molecule has 1 unspecified atom stereocenters. The van der Waals surface area contributed by atoms with Crippen LogP contribution >= 0.6 is 0 Å². The first-order valence-corrected chi connectivity index (χ1v) is 6.44. The molecule has 1 fully saturated rings. The lowest BCUT2D eigenvalue weighted by atomic mass is 10.0. The Morgan fingerprint density at radius 3 is 2.88 bits per heavy atom. The summed E-state index contributed by atoms with van der Waals surface area (Å²) in [5.41, 5.74) is 0. The van der Waals surface area contributed by atoms with Crippen molar-refractivity contribution >= 4 is 11.8 Å². The molecule has 5 nitrogen and oxygen atoms in total. The zero-order valence-electron chi connectivity index (χ0n) is 10.3. The third-order valence-electron chi connectivity index (χ3n) is 3.33. The van der Waals surface area contributed by atoms with E-state index in [0.717, 1.165) is 51.4 Å². The standard InChI is InChI=1S/C12H23N3O2/c13-11-8-5-4-7-10(15(11)14)6-2-1-3-9-12(16)17/h10,13H,1-9,14H2,(H,16,17). The van der Waals surface area contributed by atoms with Gasteiger partial charge < -0.3 is 5.11 Å². The van der Waals surface area contributed by atoms with E-state index in [2.05, 4.69) is 0 Å². The molecular formula is C12H23N3O2. The quantitative estimate of drug-likeness (QED) is 0.490. The van der Waals surface area contributed by atoms with Crippen LogP contribution in [-0.2, 0) is 4.79 Å². The summed E-state index contributed by atoms with van der Waals surface area (Å²) >= 11 is 0. The van der Waals surface area contributed by atoms with Gasteiger partial charge in [-0.05, 0) is 25.7 Å². The van der Waals surface area contributed by atoms with Gasteiger partial charge in [0.05, 0.1) is 0 Å². The van der Waals surface area contributed by atoms with Gasteiger partial charge in [0.2, 0.25) is 0 Å². The van der Waals surface area contributed by atoms with Gasteiger partial charge >= 0.3 is 5.97 Å². The van der Waals surface area contributed by atoms with Crippen LogP contribution in [0.2, 0.25) is 0 Å². The van der Waals surface area contributed by atoms with Crippen LogP contribution in [0.3, 0.4) is 0 Å². The largest absolute Gasteiger partial charge is 0.481 e. The maximum absolute atomic E-state index is 10.3. The predicted octanol–water partition coefficient (Wildman–Crippen LogP) is 2.12. The van der Waals surface area contributed by atoms with Gasteiger partial charge in [-0.15, -0.1) is 0 Å². The summed E-state index contributed by atoms with van der Waals surface area (Å²) in [5, 5.41) is 17.9. The highest BCUT2D eigenvalue weighted by molar-refractivity contribution is 5.79. The van der Waals surface area contributed by atoms with Crippen LogP contribution in [0.4, 0.5) is 0 Å². The Morgan fingerprint density at radius 2 is 2.18 bits per heavy atom. The molecule has 0 aromatic rings. The molecule has 0 saturated carbocycles. The van der Waals surface area contributed by atoms with E-state index < -0.39 is 5.97 Å². The first kappa shape index (κ1) is 14.0. The fourth-order valence-electron chi connectivity index (χ4n) is 2.28. The van der Waals surface area contributed by atoms with Gasteiger partial charge in [0.15, 0.2) is 0 Å². The van der Waals surface area contributed by atoms with E-state index >= 15 is 0 Å². The number of unbranched alkanes of at least 4 members (excludes halogenated alkanes) is 2. The number of carbonyl (C=O) groups is 1. The van der Waals surface area contributed by atoms with E-state index in [0.29, 0.717) is 5.84 Å². The lowest BCUT2D eigenvalue weighted by molar-refractivity contribution is -0.137. The first-order valence-electron chi connectivity index (χ1n) is 6.44. The summed E-state index contributed by atoms with van der Waals surface area (Å²) in [6.45, 7) is 0. The fraction of sp³-hybridized carbons (Fsp3) is 0.833. The van der Waals surface area contributed by atoms with Crippen molar-refractivity contribution in [1.82, 2.24) is 5.01 Å². The summed E-state index contributed by atoms with van der Waals surface area (Å²) in [6.07, 6.45) is 7.93. The molecule has 1 atom stereocenters. The Hall–Kier alpha value is -1.10. The average Bonchev–Trinajstić information content (AvgIpc) is 2.43. The fourth-order valence-corrected chi connectivity index (χ4v) is 2.28. The third-order valence-corrected chi connectivity index (χ3v) is 3.33. The van der Waals surface area contributed by atoms with Crippen LogP contribution in [-0.4, -0.2) is 28.0 Å². The second-order valence-corrected chi connectivity index (χ2v) is 4.75. The van der Waals surface area contributed by atoms with Crippen molar-refractivity contribution in [2.75, 3.05) is 0 Å². The van der Waals surface area contributed by atoms with Crippen LogP contribution in [0.5, 0.6) is 0 Å². The number of nitrogens with zero attached hydrogens (tertiary/aromatic N) is 1. The third kappa shape index (κ3) is 5.17. The molecule has 1 aliphatic rings. The summed E-state index contributed by atoms with van der Waals surface area (Å²) in [4.78, 5) is 10.3. The number of hydrogen-bond donors (Lipinski definition) is 3. The Balaban J connectivity index is 2.20. The molecule has 0 bridgehead atoms. The molecule has 1 heterocycles. The molecule has 0 amide bonds. The zero-order valence-corrected chi connectivity index (χ0v) is 10.3. The minimum atomic E-state index is -0.721. The van der Waals surface area contributed by atoms with Gasteiger partial charge in [0.1, 0.15) is 5.84 Å². The van der Waals surface area contributed by atoms with E-state index in [4.69, 9.17) is 16.4 Å². The Labute approximate surface area is 102 Å². The second-order valence-electron chi connectivity index (χ2n) is 4.75. The molecule has 0 aromatic carbocycles. The summed E-state index contributed by atoms with van der Waals surface area (Å²) < 4.78 is 0. The molecule has 1 saturated heterocycles. The number of rotatable bonds is 6. The number of hydrogen-bond acceptors (Lipinski definition) is 3. The zero-order chi connectivity index (χ0) is 12.7. The minimum Gasteiger partial charge on any atom is -0.481 e. The molecule has 1 aliphatic heterocycles. The van der Waals surface area contributed by atoms with Crippen LogP contribution < -0.4 is 5.84 Å². The van der Waals surface area contributed by atoms with Gasteiger partial charge in [-0.25, -0.2) is 5.84 Å². The van der Waals surface area contributed by atoms with Gasteiger partial charge in [-0.2, -0.15) is 0 Å². The van der Waals surface area contributed by atoms with Crippen molar-refractivity contribution in [2.45, 2.75) is 63.8 Å². The smallest absolute Gasteiger partial charge is 0.303 e. The number of carboxylic acid groups (broad SMARTS) is 1. The highest BCUT2D eigenvalue weighted by Crippen LogP contribution is 2.19. The lowest BCUT2D eigenvalue weighted by Crippen LogP contribution is -2.44. The van der Waals surface area contributed by atoms with E-state index in [1.165, 1.54) is 0 Å². The molecule has 0 aromatic heterocycles. The van der Waals surface area contributed by atoms with Crippen LogP contribution in [0.25, 0.3) is 0 Å². The SMILES string of the molecule is N=C1CCCCC(CCCCCC(=O)O)N1N. The molecule has 0 spiro atoms. The number of aliphatic carboxylic acids is 1. The van der Waals surface area contributed by atoms with Crippen molar-refractivity contribution in [1.29, 1.82) is 5.41 Å². The summed E-state index contributed by atoms with van der Waals surface area (Å²) in [5.74, 6) is 5.72. The number of nitrogens with one attached hydrogen (secondary N) is 1. The van der Waals surface area contributed by atoms with Gasteiger partial charge in [-0.1, -0.05) is 19.3 Å². The number of nitrogens with two attached hydrogens (primary N) is 1. The topological polar surface area (TPSA) is 90.4 Å². The molecule has 1 rings (SSSR count). The predicted molar refractivity (Wildman–Crippen MR) is 66.7 cm³/mol. The highest BCUT2D eigenvalue weighted by atomic mass is 16.4. The van der Waals surface area contributed by atoms with Crippen molar-refractivity contribution in [3.63, 3.8) is 0 Å². The average molecular weight is 241 g/mol. The van der Waals surface area contributed by atoms with Gasteiger partial charge in [0.25, 0.3) is 0 Å². The van der Waals surface area contributed by atoms with Crippen molar-refractivity contribution in [2.24, 2.45) is 5.84 Å². The number of amidine groups is 1. The second kappa shape index (κ2) is 7.27. The normalized spacial score (nSPS) is 21.4. The summed E-state index contributed by atoms with van der Waals surface area (Å²) in [7, 11) is 0. The van der Waals surface area contributed by atoms with E-state index in [9.17, 15) is 4.79 Å². The molecular weight excluding hydrogens is 218 g/mol. The Kier molecular flexibility index (Phi) is 5.97. The Morgan fingerprint density at radius 1 is 1.41 bits per heavy atom. The molecule has 0 aliphatic carbocycles. The number of carboxylic acids is 1. The maximum Gasteiger partial charge on any atom is 0.303 e. The molecule has 17 heavy (non-hydrogen) atoms. The van der Waals surface area contributed by atoms with Crippen molar-refractivity contribution < 1.29 is 9.90 Å². The molecule has 0 radical (unpaired) electrons. The maximum atomic E-state index is 10.3. The Bertz CT molecular complexity index is 268.